The van der Waals surface area contributed by atoms with Crippen LogP contribution in [0.2, 0.25) is 10.0 Å². The molecule has 5 N–H and O–H groups in total. The van der Waals surface area contributed by atoms with Gasteiger partial charge in [0.05, 0.1) is 10.0 Å². The van der Waals surface area contributed by atoms with Crippen molar-refractivity contribution in [3.63, 3.8) is 0 Å². The molecule has 3 rings (SSSR count). The lowest BCUT2D eigenvalue weighted by molar-refractivity contribution is -0.137. The van der Waals surface area contributed by atoms with Crippen LogP contribution in [0, 0.1) is 5.82 Å². The predicted molar refractivity (Wildman–Crippen MR) is 119 cm³/mol. The predicted octanol–water partition coefficient (Wildman–Crippen LogP) is 3.08. The highest BCUT2D eigenvalue weighted by atomic mass is 35.5. The zero-order valence-corrected chi connectivity index (χ0v) is 18.7. The minimum Gasteiger partial charge on any atom is -0.383 e. The fourth-order valence-corrected chi connectivity index (χ4v) is 4.52. The van der Waals surface area contributed by atoms with Crippen LogP contribution < -0.4 is 16.8 Å². The average Bonchev–Trinajstić information content (AvgIpc) is 2.77. The molecule has 2 aliphatic rings. The van der Waals surface area contributed by atoms with Crippen LogP contribution in [0.15, 0.2) is 28.8 Å². The van der Waals surface area contributed by atoms with Crippen molar-refractivity contribution in [2.24, 2.45) is 16.5 Å². The third kappa shape index (κ3) is 5.15. The van der Waals surface area contributed by atoms with Gasteiger partial charge in [-0.25, -0.2) is 4.39 Å². The summed E-state index contributed by atoms with van der Waals surface area (Å²) in [5, 5.41) is 2.89. The van der Waals surface area contributed by atoms with E-state index in [-0.39, 0.29) is 33.7 Å². The number of benzene rings is 1. The monoisotopic (exact) mass is 474 g/mol. The number of piperidine rings is 2. The molecule has 1 amide bonds. The molecule has 0 saturated carbocycles. The van der Waals surface area contributed by atoms with E-state index in [1.807, 2.05) is 4.90 Å². The first-order chi connectivity index (χ1) is 14.7. The molecule has 0 spiro atoms. The van der Waals surface area contributed by atoms with E-state index >= 15 is 0 Å². The molecule has 2 aliphatic heterocycles. The number of nitrogens with zero attached hydrogens (tertiary/aromatic N) is 3. The molecule has 31 heavy (non-hydrogen) atoms. The third-order valence-electron chi connectivity index (χ3n) is 5.67. The quantitative estimate of drug-likeness (QED) is 0.345. The van der Waals surface area contributed by atoms with E-state index in [4.69, 9.17) is 34.7 Å². The number of carbonyl (C=O) groups excluding carboxylic acids is 1. The van der Waals surface area contributed by atoms with E-state index in [9.17, 15) is 13.6 Å². The van der Waals surface area contributed by atoms with Crippen LogP contribution in [0.25, 0.3) is 0 Å². The fraction of sp³-hybridized carbons (Fsp3) is 0.500. The zero-order valence-electron chi connectivity index (χ0n) is 17.2. The van der Waals surface area contributed by atoms with Crippen molar-refractivity contribution >= 4 is 40.6 Å². The van der Waals surface area contributed by atoms with Crippen LogP contribution in [0.3, 0.4) is 0 Å². The SMILES string of the molecule is CN=C(N)C(F)=C(N)N1CCC[C@@H](N2CCCC(Nc3cc(Cl)c(F)c(Cl)c3)C2=O)C1. The maximum atomic E-state index is 14.3. The molecule has 0 aliphatic carbocycles. The second kappa shape index (κ2) is 9.91. The van der Waals surface area contributed by atoms with E-state index in [1.54, 1.807) is 4.90 Å². The average molecular weight is 475 g/mol. The maximum Gasteiger partial charge on any atom is 0.245 e. The molecule has 0 radical (unpaired) electrons. The second-order valence-corrected chi connectivity index (χ2v) is 8.49. The number of amidine groups is 1. The summed E-state index contributed by atoms with van der Waals surface area (Å²) < 4.78 is 28.0. The van der Waals surface area contributed by atoms with Crippen LogP contribution in [-0.4, -0.2) is 60.3 Å². The van der Waals surface area contributed by atoms with Crippen molar-refractivity contribution < 1.29 is 13.6 Å². The topological polar surface area (TPSA) is 100.0 Å². The molecule has 2 heterocycles. The molecule has 2 saturated heterocycles. The molecule has 2 atom stereocenters. The Kier molecular flexibility index (Phi) is 7.48. The highest BCUT2D eigenvalue weighted by Gasteiger charge is 2.36. The lowest BCUT2D eigenvalue weighted by atomic mass is 9.97. The summed E-state index contributed by atoms with van der Waals surface area (Å²) in [6.45, 7) is 1.58. The molecule has 7 nitrogen and oxygen atoms in total. The molecule has 2 fully saturated rings. The molecule has 0 aromatic heterocycles. The Morgan fingerprint density at radius 2 is 1.84 bits per heavy atom. The molecule has 11 heteroatoms. The number of hydrogen-bond donors (Lipinski definition) is 3. The number of carbonyl (C=O) groups is 1. The highest BCUT2D eigenvalue weighted by Crippen LogP contribution is 2.30. The van der Waals surface area contributed by atoms with Gasteiger partial charge in [0.2, 0.25) is 11.7 Å². The number of nitrogens with two attached hydrogens (primary N) is 2. The minimum absolute atomic E-state index is 0.0671. The second-order valence-electron chi connectivity index (χ2n) is 7.67. The molecular formula is C20H26Cl2F2N6O. The summed E-state index contributed by atoms with van der Waals surface area (Å²) in [4.78, 5) is 20.3. The van der Waals surface area contributed by atoms with Crippen LogP contribution in [-0.2, 0) is 4.79 Å². The molecule has 1 aromatic carbocycles. The lowest BCUT2D eigenvalue weighted by Crippen LogP contribution is -2.56. The van der Waals surface area contributed by atoms with Crippen molar-refractivity contribution in [2.45, 2.75) is 37.8 Å². The normalized spacial score (nSPS) is 23.6. The van der Waals surface area contributed by atoms with Gasteiger partial charge in [0.1, 0.15) is 11.9 Å². The van der Waals surface area contributed by atoms with Gasteiger partial charge < -0.3 is 26.6 Å². The summed E-state index contributed by atoms with van der Waals surface area (Å²) in [6.07, 6.45) is 2.96. The summed E-state index contributed by atoms with van der Waals surface area (Å²) in [5.41, 5.74) is 12.0. The van der Waals surface area contributed by atoms with Gasteiger partial charge in [-0.1, -0.05) is 23.2 Å². The Morgan fingerprint density at radius 1 is 1.19 bits per heavy atom. The molecule has 1 aromatic rings. The van der Waals surface area contributed by atoms with Crippen LogP contribution in [0.4, 0.5) is 14.5 Å². The number of rotatable bonds is 5. The number of hydrogen-bond acceptors (Lipinski definition) is 5. The highest BCUT2D eigenvalue weighted by molar-refractivity contribution is 6.35. The Balaban J connectivity index is 1.72. The maximum absolute atomic E-state index is 14.3. The van der Waals surface area contributed by atoms with E-state index in [0.29, 0.717) is 31.7 Å². The molecule has 1 unspecified atom stereocenters. The van der Waals surface area contributed by atoms with Gasteiger partial charge in [-0.05, 0) is 37.8 Å². The van der Waals surface area contributed by atoms with Crippen molar-refractivity contribution in [2.75, 3.05) is 32.0 Å². The fourth-order valence-electron chi connectivity index (χ4n) is 4.03. The minimum atomic E-state index is -0.752. The smallest absolute Gasteiger partial charge is 0.245 e. The lowest BCUT2D eigenvalue weighted by Gasteiger charge is -2.43. The van der Waals surface area contributed by atoms with E-state index in [2.05, 4.69) is 10.3 Å². The van der Waals surface area contributed by atoms with Crippen molar-refractivity contribution in [1.82, 2.24) is 9.80 Å². The van der Waals surface area contributed by atoms with E-state index < -0.39 is 17.7 Å². The Bertz CT molecular complexity index is 887. The van der Waals surface area contributed by atoms with Gasteiger partial charge in [0.25, 0.3) is 0 Å². The molecular weight excluding hydrogens is 449 g/mol. The number of likely N-dealkylation sites (tertiary alicyclic amines) is 2. The van der Waals surface area contributed by atoms with Gasteiger partial charge in [-0.2, -0.15) is 4.39 Å². The summed E-state index contributed by atoms with van der Waals surface area (Å²) in [7, 11) is 1.39. The number of nitrogens with one attached hydrogen (secondary N) is 1. The molecule has 170 valence electrons. The summed E-state index contributed by atoms with van der Waals surface area (Å²) in [6, 6.07) is 2.21. The first kappa shape index (κ1) is 23.4. The molecule has 0 bridgehead atoms. The van der Waals surface area contributed by atoms with Gasteiger partial charge in [0.15, 0.2) is 11.7 Å². The first-order valence-electron chi connectivity index (χ1n) is 10.1. The van der Waals surface area contributed by atoms with Crippen molar-refractivity contribution in [1.29, 1.82) is 0 Å². The van der Waals surface area contributed by atoms with Crippen molar-refractivity contribution in [3.05, 3.63) is 39.6 Å². The Hall–Kier alpha value is -2.26. The van der Waals surface area contributed by atoms with Gasteiger partial charge in [-0.15, -0.1) is 0 Å². The number of anilines is 1. The van der Waals surface area contributed by atoms with Crippen LogP contribution >= 0.6 is 23.2 Å². The zero-order chi connectivity index (χ0) is 22.7. The van der Waals surface area contributed by atoms with E-state index in [0.717, 1.165) is 19.3 Å². The number of amides is 1. The van der Waals surface area contributed by atoms with Crippen LogP contribution in [0.5, 0.6) is 0 Å². The largest absolute Gasteiger partial charge is 0.383 e. The van der Waals surface area contributed by atoms with E-state index in [1.165, 1.54) is 19.2 Å². The standard InChI is InChI=1S/C20H26Cl2F2N6O/c1-27-18(25)17(24)19(26)29-6-2-4-12(10-29)30-7-3-5-15(20(30)31)28-11-8-13(21)16(23)14(22)9-11/h8-9,12,15,28H,2-7,10,26H2,1H3,(H2,25,27)/t12-,15?/m1/s1. The van der Waals surface area contributed by atoms with Crippen molar-refractivity contribution in [3.8, 4) is 0 Å². The third-order valence-corrected chi connectivity index (χ3v) is 6.22. The van der Waals surface area contributed by atoms with Gasteiger partial charge in [0, 0.05) is 38.4 Å². The first-order valence-corrected chi connectivity index (χ1v) is 10.8. The number of aliphatic imine (C=N–C) groups is 1. The van der Waals surface area contributed by atoms with Gasteiger partial charge >= 0.3 is 0 Å². The summed E-state index contributed by atoms with van der Waals surface area (Å²) in [5.74, 6) is -1.85. The number of halogens is 4. The van der Waals surface area contributed by atoms with Gasteiger partial charge in [-0.3, -0.25) is 9.79 Å². The van der Waals surface area contributed by atoms with Crippen LogP contribution in [0.1, 0.15) is 25.7 Å². The summed E-state index contributed by atoms with van der Waals surface area (Å²) >= 11 is 11.7. The Labute approximate surface area is 190 Å². The Morgan fingerprint density at radius 3 is 2.48 bits per heavy atom.